The predicted molar refractivity (Wildman–Crippen MR) is 70.9 cm³/mol. The van der Waals surface area contributed by atoms with Crippen molar-refractivity contribution in [3.05, 3.63) is 35.4 Å². The van der Waals surface area contributed by atoms with Crippen LogP contribution in [-0.2, 0) is 4.79 Å². The molecule has 4 heteroatoms. The molecule has 1 aromatic carbocycles. The Labute approximate surface area is 107 Å². The molecule has 1 saturated heterocycles. The Balaban J connectivity index is 2.19. The summed E-state index contributed by atoms with van der Waals surface area (Å²) in [7, 11) is 0. The van der Waals surface area contributed by atoms with Gasteiger partial charge in [-0.3, -0.25) is 10.2 Å². The van der Waals surface area contributed by atoms with Crippen LogP contribution in [0.5, 0.6) is 5.75 Å². The van der Waals surface area contributed by atoms with Gasteiger partial charge in [0.25, 0.3) is 5.91 Å². The van der Waals surface area contributed by atoms with Crippen molar-refractivity contribution in [2.45, 2.75) is 13.8 Å². The second-order valence-corrected chi connectivity index (χ2v) is 4.72. The molecule has 0 radical (unpaired) electrons. The summed E-state index contributed by atoms with van der Waals surface area (Å²) in [5, 5.41) is 0. The van der Waals surface area contributed by atoms with Crippen molar-refractivity contribution < 1.29 is 9.53 Å². The predicted octanol–water partition coefficient (Wildman–Crippen LogP) is 1.74. The van der Waals surface area contributed by atoms with Gasteiger partial charge >= 0.3 is 0 Å². The van der Waals surface area contributed by atoms with Crippen molar-refractivity contribution in [3.63, 3.8) is 0 Å². The highest BCUT2D eigenvalue weighted by Gasteiger charge is 2.16. The number of ether oxygens (including phenoxy) is 1. The van der Waals surface area contributed by atoms with E-state index in [1.165, 1.54) is 0 Å². The van der Waals surface area contributed by atoms with Crippen LogP contribution in [0.2, 0.25) is 0 Å². The molecule has 2 rings (SSSR count). The van der Waals surface area contributed by atoms with E-state index in [-0.39, 0.29) is 5.91 Å². The molecule has 0 atom stereocenters. The zero-order valence-corrected chi connectivity index (χ0v) is 10.7. The second kappa shape index (κ2) is 5.69. The van der Waals surface area contributed by atoms with E-state index < -0.39 is 0 Å². The van der Waals surface area contributed by atoms with Gasteiger partial charge < -0.3 is 4.74 Å². The van der Waals surface area contributed by atoms with Crippen molar-refractivity contribution in [2.24, 2.45) is 5.92 Å². The van der Waals surface area contributed by atoms with Gasteiger partial charge in [-0.25, -0.2) is 5.43 Å². The third-order valence-corrected chi connectivity index (χ3v) is 2.59. The molecular weight excluding hydrogens is 228 g/mol. The van der Waals surface area contributed by atoms with Crippen LogP contribution in [0.4, 0.5) is 0 Å². The molecule has 1 heterocycles. The molecule has 0 unspecified atom stereocenters. The average Bonchev–Trinajstić information content (AvgIpc) is 2.74. The molecule has 0 spiro atoms. The maximum absolute atomic E-state index is 11.5. The molecule has 0 aromatic heterocycles. The summed E-state index contributed by atoms with van der Waals surface area (Å²) in [5.41, 5.74) is 7.02. The molecule has 2 N–H and O–H groups in total. The minimum Gasteiger partial charge on any atom is -0.493 e. The number of carbonyl (C=O) groups excluding carboxylic acids is 1. The smallest absolute Gasteiger partial charge is 0.262 e. The first-order chi connectivity index (χ1) is 8.66. The number of carbonyl (C=O) groups is 1. The van der Waals surface area contributed by atoms with Crippen LogP contribution in [-0.4, -0.2) is 19.1 Å². The molecule has 0 saturated carbocycles. The number of hydrogen-bond donors (Lipinski definition) is 2. The first kappa shape index (κ1) is 12.6. The molecule has 0 bridgehead atoms. The summed E-state index contributed by atoms with van der Waals surface area (Å²) in [6.07, 6.45) is 1.87. The van der Waals surface area contributed by atoms with E-state index in [2.05, 4.69) is 24.7 Å². The maximum atomic E-state index is 11.5. The molecule has 1 fully saturated rings. The Kier molecular flexibility index (Phi) is 3.99. The third-order valence-electron chi connectivity index (χ3n) is 2.59. The number of amides is 1. The summed E-state index contributed by atoms with van der Waals surface area (Å²) in [6, 6.07) is 7.75. The Morgan fingerprint density at radius 2 is 2.17 bits per heavy atom. The number of rotatable bonds is 4. The topological polar surface area (TPSA) is 50.4 Å². The van der Waals surface area contributed by atoms with Crippen LogP contribution in [0.3, 0.4) is 0 Å². The number of para-hydroxylation sites is 1. The Bertz CT molecular complexity index is 467. The largest absolute Gasteiger partial charge is 0.493 e. The highest BCUT2D eigenvalue weighted by Crippen LogP contribution is 2.22. The molecule has 18 heavy (non-hydrogen) atoms. The van der Waals surface area contributed by atoms with E-state index in [0.717, 1.165) is 16.9 Å². The lowest BCUT2D eigenvalue weighted by atomic mass is 10.1. The Hall–Kier alpha value is -1.81. The summed E-state index contributed by atoms with van der Waals surface area (Å²) in [5.74, 6) is 1.22. The van der Waals surface area contributed by atoms with Crippen molar-refractivity contribution >= 4 is 12.0 Å². The minimum atomic E-state index is -0.0753. The van der Waals surface area contributed by atoms with E-state index in [1.54, 1.807) is 0 Å². The average molecular weight is 246 g/mol. The number of nitrogens with one attached hydrogen (secondary N) is 2. The standard InChI is InChI=1S/C14H18N2O2/c1-10(2)9-18-13-6-4-3-5-11(13)7-12-8-15-16-14(12)17/h3-7,10,15H,8-9H2,1-2H3,(H,16,17)/b12-7+. The molecule has 0 aliphatic carbocycles. The van der Waals surface area contributed by atoms with Gasteiger partial charge in [0.15, 0.2) is 0 Å². The lowest BCUT2D eigenvalue weighted by Crippen LogP contribution is -2.25. The van der Waals surface area contributed by atoms with Crippen LogP contribution in [0, 0.1) is 5.92 Å². The van der Waals surface area contributed by atoms with Crippen LogP contribution in [0.25, 0.3) is 6.08 Å². The first-order valence-corrected chi connectivity index (χ1v) is 6.12. The molecule has 1 aromatic rings. The van der Waals surface area contributed by atoms with Crippen LogP contribution >= 0.6 is 0 Å². The molecule has 1 amide bonds. The van der Waals surface area contributed by atoms with Gasteiger partial charge in [0.1, 0.15) is 5.75 Å². The fourth-order valence-electron chi connectivity index (χ4n) is 1.67. The summed E-state index contributed by atoms with van der Waals surface area (Å²) in [6.45, 7) is 5.42. The molecule has 1 aliphatic rings. The Morgan fingerprint density at radius 1 is 1.39 bits per heavy atom. The number of hydrogen-bond acceptors (Lipinski definition) is 3. The van der Waals surface area contributed by atoms with E-state index in [9.17, 15) is 4.79 Å². The summed E-state index contributed by atoms with van der Waals surface area (Å²) < 4.78 is 5.75. The Morgan fingerprint density at radius 3 is 2.83 bits per heavy atom. The summed E-state index contributed by atoms with van der Waals surface area (Å²) in [4.78, 5) is 11.5. The molecular formula is C14H18N2O2. The minimum absolute atomic E-state index is 0.0753. The number of hydrazine groups is 1. The van der Waals surface area contributed by atoms with E-state index in [4.69, 9.17) is 4.74 Å². The number of benzene rings is 1. The zero-order chi connectivity index (χ0) is 13.0. The molecule has 1 aliphatic heterocycles. The van der Waals surface area contributed by atoms with Gasteiger partial charge in [-0.05, 0) is 18.1 Å². The van der Waals surface area contributed by atoms with Crippen LogP contribution in [0.1, 0.15) is 19.4 Å². The van der Waals surface area contributed by atoms with Gasteiger partial charge in [0, 0.05) is 17.7 Å². The van der Waals surface area contributed by atoms with E-state index >= 15 is 0 Å². The SMILES string of the molecule is CC(C)COc1ccccc1/C=C1\CNNC1=O. The normalized spacial score (nSPS) is 17.3. The van der Waals surface area contributed by atoms with Gasteiger partial charge in [-0.1, -0.05) is 32.0 Å². The fraction of sp³-hybridized carbons (Fsp3) is 0.357. The lowest BCUT2D eigenvalue weighted by molar-refractivity contribution is -0.116. The maximum Gasteiger partial charge on any atom is 0.262 e. The van der Waals surface area contributed by atoms with Crippen molar-refractivity contribution in [2.75, 3.05) is 13.2 Å². The van der Waals surface area contributed by atoms with Crippen LogP contribution in [0.15, 0.2) is 29.8 Å². The monoisotopic (exact) mass is 246 g/mol. The van der Waals surface area contributed by atoms with Gasteiger partial charge in [0.2, 0.25) is 0 Å². The lowest BCUT2D eigenvalue weighted by Gasteiger charge is -2.11. The fourth-order valence-corrected chi connectivity index (χ4v) is 1.67. The zero-order valence-electron chi connectivity index (χ0n) is 10.7. The molecule has 96 valence electrons. The van der Waals surface area contributed by atoms with Crippen LogP contribution < -0.4 is 15.6 Å². The van der Waals surface area contributed by atoms with Crippen molar-refractivity contribution in [1.29, 1.82) is 0 Å². The summed E-state index contributed by atoms with van der Waals surface area (Å²) >= 11 is 0. The van der Waals surface area contributed by atoms with Gasteiger partial charge in [-0.2, -0.15) is 0 Å². The van der Waals surface area contributed by atoms with E-state index in [1.807, 2.05) is 30.3 Å². The highest BCUT2D eigenvalue weighted by molar-refractivity contribution is 6.00. The first-order valence-electron chi connectivity index (χ1n) is 6.12. The van der Waals surface area contributed by atoms with Gasteiger partial charge in [-0.15, -0.1) is 0 Å². The van der Waals surface area contributed by atoms with Crippen molar-refractivity contribution in [1.82, 2.24) is 10.9 Å². The van der Waals surface area contributed by atoms with Gasteiger partial charge in [0.05, 0.1) is 6.61 Å². The van der Waals surface area contributed by atoms with Crippen molar-refractivity contribution in [3.8, 4) is 5.75 Å². The van der Waals surface area contributed by atoms with E-state index in [0.29, 0.717) is 19.1 Å². The second-order valence-electron chi connectivity index (χ2n) is 4.72. The molecule has 4 nitrogen and oxygen atoms in total. The highest BCUT2D eigenvalue weighted by atomic mass is 16.5. The third kappa shape index (κ3) is 3.11. The quantitative estimate of drug-likeness (QED) is 0.796.